The monoisotopic (exact) mass is 303 g/mol. The van der Waals surface area contributed by atoms with Crippen LogP contribution in [0.25, 0.3) is 0 Å². The van der Waals surface area contributed by atoms with Gasteiger partial charge in [-0.1, -0.05) is 36.8 Å². The van der Waals surface area contributed by atoms with Gasteiger partial charge in [-0.2, -0.15) is 0 Å². The summed E-state index contributed by atoms with van der Waals surface area (Å²) in [5.41, 5.74) is 3.35. The second kappa shape index (κ2) is 6.31. The molecular formula is C17H21NO2S. The molecule has 0 amide bonds. The van der Waals surface area contributed by atoms with Crippen LogP contribution in [0.2, 0.25) is 0 Å². The quantitative estimate of drug-likeness (QED) is 0.909. The molecule has 1 unspecified atom stereocenters. The maximum Gasteiger partial charge on any atom is 0.178 e. The summed E-state index contributed by atoms with van der Waals surface area (Å²) < 4.78 is 23.5. The molecule has 2 aromatic carbocycles. The van der Waals surface area contributed by atoms with Crippen molar-refractivity contribution in [3.8, 4) is 0 Å². The molecule has 0 aliphatic heterocycles. The highest BCUT2D eigenvalue weighted by atomic mass is 32.2. The van der Waals surface area contributed by atoms with Gasteiger partial charge in [0.2, 0.25) is 0 Å². The molecule has 2 aromatic rings. The fraction of sp³-hybridized carbons (Fsp3) is 0.294. The molecule has 0 spiro atoms. The van der Waals surface area contributed by atoms with E-state index in [-0.39, 0.29) is 11.8 Å². The van der Waals surface area contributed by atoms with Gasteiger partial charge < -0.3 is 5.32 Å². The van der Waals surface area contributed by atoms with Crippen molar-refractivity contribution in [1.29, 1.82) is 0 Å². The molecule has 2 rings (SSSR count). The van der Waals surface area contributed by atoms with E-state index in [4.69, 9.17) is 0 Å². The smallest absolute Gasteiger partial charge is 0.178 e. The van der Waals surface area contributed by atoms with Gasteiger partial charge in [-0.3, -0.25) is 0 Å². The zero-order chi connectivity index (χ0) is 15.5. The number of rotatable bonds is 5. The molecule has 0 bridgehead atoms. The zero-order valence-corrected chi connectivity index (χ0v) is 13.4. The zero-order valence-electron chi connectivity index (χ0n) is 12.6. The molecule has 0 aliphatic rings. The average molecular weight is 303 g/mol. The van der Waals surface area contributed by atoms with E-state index in [1.165, 1.54) is 11.1 Å². The molecule has 0 heterocycles. The number of aryl methyl sites for hydroxylation is 1. The first-order chi connectivity index (χ1) is 9.92. The summed E-state index contributed by atoms with van der Waals surface area (Å²) in [6.45, 7) is 5.81. The molecule has 1 N–H and O–H groups in total. The lowest BCUT2D eigenvalue weighted by atomic mass is 10.1. The highest BCUT2D eigenvalue weighted by molar-refractivity contribution is 7.91. The fourth-order valence-corrected chi connectivity index (χ4v) is 3.08. The van der Waals surface area contributed by atoms with Gasteiger partial charge in [0.25, 0.3) is 0 Å². The molecule has 112 valence electrons. The van der Waals surface area contributed by atoms with Crippen LogP contribution in [0.3, 0.4) is 0 Å². The van der Waals surface area contributed by atoms with E-state index in [2.05, 4.69) is 37.4 Å². The molecule has 21 heavy (non-hydrogen) atoms. The Bertz CT molecular complexity index is 706. The van der Waals surface area contributed by atoms with Crippen molar-refractivity contribution in [1.82, 2.24) is 0 Å². The molecule has 0 aliphatic carbocycles. The molecule has 0 saturated carbocycles. The van der Waals surface area contributed by atoms with Crippen molar-refractivity contribution in [3.05, 3.63) is 59.7 Å². The molecule has 0 radical (unpaired) electrons. The standard InChI is InChI=1S/C17H21NO2S/c1-4-21(19,20)17-10-8-16(9-11-17)18-14(3)15-7-5-6-13(2)12-15/h5-12,14,18H,4H2,1-3H3. The van der Waals surface area contributed by atoms with E-state index in [1.807, 2.05) is 18.2 Å². The van der Waals surface area contributed by atoms with Crippen molar-refractivity contribution in [3.63, 3.8) is 0 Å². The number of hydrogen-bond acceptors (Lipinski definition) is 3. The first kappa shape index (κ1) is 15.6. The van der Waals surface area contributed by atoms with Crippen LogP contribution in [0.1, 0.15) is 31.0 Å². The van der Waals surface area contributed by atoms with E-state index in [9.17, 15) is 8.42 Å². The third-order valence-electron chi connectivity index (χ3n) is 3.52. The SMILES string of the molecule is CCS(=O)(=O)c1ccc(NC(C)c2cccc(C)c2)cc1. The van der Waals surface area contributed by atoms with Crippen molar-refractivity contribution >= 4 is 15.5 Å². The number of hydrogen-bond donors (Lipinski definition) is 1. The topological polar surface area (TPSA) is 46.2 Å². The number of anilines is 1. The third kappa shape index (κ3) is 3.85. The van der Waals surface area contributed by atoms with Crippen molar-refractivity contribution in [2.45, 2.75) is 31.7 Å². The number of sulfone groups is 1. The average Bonchev–Trinajstić information content (AvgIpc) is 2.48. The minimum atomic E-state index is -3.13. The first-order valence-electron chi connectivity index (χ1n) is 7.08. The normalized spacial score (nSPS) is 12.9. The van der Waals surface area contributed by atoms with E-state index >= 15 is 0 Å². The van der Waals surface area contributed by atoms with Gasteiger partial charge in [-0.25, -0.2) is 8.42 Å². The Labute approximate surface area is 126 Å². The van der Waals surface area contributed by atoms with Gasteiger partial charge in [0.05, 0.1) is 10.6 Å². The molecule has 4 heteroatoms. The Morgan fingerprint density at radius 3 is 2.33 bits per heavy atom. The van der Waals surface area contributed by atoms with E-state index < -0.39 is 9.84 Å². The van der Waals surface area contributed by atoms with Crippen LogP contribution < -0.4 is 5.32 Å². The summed E-state index contributed by atoms with van der Waals surface area (Å²) in [4.78, 5) is 0.374. The largest absolute Gasteiger partial charge is 0.379 e. The van der Waals surface area contributed by atoms with Gasteiger partial charge in [0.1, 0.15) is 0 Å². The Kier molecular flexibility index (Phi) is 4.68. The maximum absolute atomic E-state index is 11.8. The van der Waals surface area contributed by atoms with Crippen LogP contribution in [-0.2, 0) is 9.84 Å². The van der Waals surface area contributed by atoms with Crippen LogP contribution in [-0.4, -0.2) is 14.2 Å². The molecule has 0 aromatic heterocycles. The summed E-state index contributed by atoms with van der Waals surface area (Å²) in [5, 5.41) is 3.39. The lowest BCUT2D eigenvalue weighted by Gasteiger charge is -2.16. The highest BCUT2D eigenvalue weighted by Crippen LogP contribution is 2.21. The van der Waals surface area contributed by atoms with Gasteiger partial charge >= 0.3 is 0 Å². The van der Waals surface area contributed by atoms with Crippen molar-refractivity contribution in [2.24, 2.45) is 0 Å². The van der Waals surface area contributed by atoms with Gasteiger partial charge in [-0.15, -0.1) is 0 Å². The fourth-order valence-electron chi connectivity index (χ4n) is 2.20. The Balaban J connectivity index is 2.14. The van der Waals surface area contributed by atoms with Crippen LogP contribution in [0.5, 0.6) is 0 Å². The summed E-state index contributed by atoms with van der Waals surface area (Å²) >= 11 is 0. The van der Waals surface area contributed by atoms with E-state index in [0.717, 1.165) is 5.69 Å². The predicted octanol–water partition coefficient (Wildman–Crippen LogP) is 3.96. The Morgan fingerprint density at radius 2 is 1.76 bits per heavy atom. The van der Waals surface area contributed by atoms with Crippen LogP contribution in [0.15, 0.2) is 53.4 Å². The predicted molar refractivity (Wildman–Crippen MR) is 87.4 cm³/mol. The Morgan fingerprint density at radius 1 is 1.10 bits per heavy atom. The second-order valence-corrected chi connectivity index (χ2v) is 7.49. The second-order valence-electron chi connectivity index (χ2n) is 5.21. The molecule has 0 saturated heterocycles. The third-order valence-corrected chi connectivity index (χ3v) is 5.27. The van der Waals surface area contributed by atoms with Gasteiger partial charge in [-0.05, 0) is 43.7 Å². The molecule has 3 nitrogen and oxygen atoms in total. The van der Waals surface area contributed by atoms with Crippen LogP contribution in [0.4, 0.5) is 5.69 Å². The van der Waals surface area contributed by atoms with Crippen LogP contribution >= 0.6 is 0 Å². The molecule has 1 atom stereocenters. The van der Waals surface area contributed by atoms with Crippen LogP contribution in [0, 0.1) is 6.92 Å². The van der Waals surface area contributed by atoms with Gasteiger partial charge in [0, 0.05) is 11.7 Å². The molecular weight excluding hydrogens is 282 g/mol. The number of benzene rings is 2. The van der Waals surface area contributed by atoms with Crippen molar-refractivity contribution in [2.75, 3.05) is 11.1 Å². The number of nitrogens with one attached hydrogen (secondary N) is 1. The van der Waals surface area contributed by atoms with Crippen molar-refractivity contribution < 1.29 is 8.42 Å². The summed E-state index contributed by atoms with van der Waals surface area (Å²) in [5.74, 6) is 0.124. The lowest BCUT2D eigenvalue weighted by Crippen LogP contribution is -2.07. The van der Waals surface area contributed by atoms with E-state index in [1.54, 1.807) is 19.1 Å². The van der Waals surface area contributed by atoms with Gasteiger partial charge in [0.15, 0.2) is 9.84 Å². The van der Waals surface area contributed by atoms with E-state index in [0.29, 0.717) is 4.90 Å². The minimum absolute atomic E-state index is 0.124. The highest BCUT2D eigenvalue weighted by Gasteiger charge is 2.11. The summed E-state index contributed by atoms with van der Waals surface area (Å²) in [7, 11) is -3.13. The Hall–Kier alpha value is -1.81. The summed E-state index contributed by atoms with van der Waals surface area (Å²) in [6, 6.07) is 15.4. The molecule has 0 fully saturated rings. The minimum Gasteiger partial charge on any atom is -0.379 e. The summed E-state index contributed by atoms with van der Waals surface area (Å²) in [6.07, 6.45) is 0. The first-order valence-corrected chi connectivity index (χ1v) is 8.73. The lowest BCUT2D eigenvalue weighted by molar-refractivity contribution is 0.597. The maximum atomic E-state index is 11.8.